The average molecular weight is 433 g/mol. The summed E-state index contributed by atoms with van der Waals surface area (Å²) in [7, 11) is 0. The first kappa shape index (κ1) is 20.3. The molecule has 0 radical (unpaired) electrons. The molecule has 156 valence electrons. The molecule has 1 aromatic carbocycles. The van der Waals surface area contributed by atoms with Gasteiger partial charge in [-0.05, 0) is 30.3 Å². The molecule has 0 aliphatic carbocycles. The lowest BCUT2D eigenvalue weighted by molar-refractivity contribution is -0.119. The molecule has 0 fully saturated rings. The topological polar surface area (TPSA) is 102 Å². The van der Waals surface area contributed by atoms with E-state index in [2.05, 4.69) is 20.7 Å². The molecule has 0 spiro atoms. The first-order valence-corrected chi connectivity index (χ1v) is 10.3. The third kappa shape index (κ3) is 5.34. The number of nitrogens with zero attached hydrogens (tertiary/aromatic N) is 3. The van der Waals surface area contributed by atoms with E-state index in [0.717, 1.165) is 11.3 Å². The van der Waals surface area contributed by atoms with E-state index in [-0.39, 0.29) is 11.8 Å². The number of furan rings is 1. The standard InChI is InChI=1S/C22H19N5O3S/c1-15(28)23-12-18-8-9-20(30-18)19-14-31-22(25-19)26-21(29)10-7-16-11-24-27(13-16)17-5-3-2-4-6-17/h2-11,13-14H,12H2,1H3,(H,23,28)(H,25,26,29)/b10-7+. The van der Waals surface area contributed by atoms with Crippen molar-refractivity contribution in [1.82, 2.24) is 20.1 Å². The second-order valence-electron chi connectivity index (χ2n) is 6.59. The van der Waals surface area contributed by atoms with Crippen LogP contribution in [0.3, 0.4) is 0 Å². The van der Waals surface area contributed by atoms with Crippen molar-refractivity contribution in [3.05, 3.63) is 77.6 Å². The molecule has 0 atom stereocenters. The highest BCUT2D eigenvalue weighted by Crippen LogP contribution is 2.26. The second kappa shape index (κ2) is 9.23. The van der Waals surface area contributed by atoms with Crippen LogP contribution in [-0.4, -0.2) is 26.6 Å². The largest absolute Gasteiger partial charge is 0.458 e. The van der Waals surface area contributed by atoms with E-state index < -0.39 is 0 Å². The summed E-state index contributed by atoms with van der Waals surface area (Å²) in [6.07, 6.45) is 6.66. The molecule has 2 amide bonds. The smallest absolute Gasteiger partial charge is 0.250 e. The molecule has 0 saturated carbocycles. The Hall–Kier alpha value is -3.98. The van der Waals surface area contributed by atoms with Crippen LogP contribution >= 0.6 is 11.3 Å². The van der Waals surface area contributed by atoms with E-state index in [1.807, 2.05) is 36.5 Å². The van der Waals surface area contributed by atoms with Crippen molar-refractivity contribution in [2.24, 2.45) is 0 Å². The van der Waals surface area contributed by atoms with Crippen LogP contribution in [0.4, 0.5) is 5.13 Å². The molecule has 8 nitrogen and oxygen atoms in total. The Labute approximate surface area is 182 Å². The minimum absolute atomic E-state index is 0.128. The average Bonchev–Trinajstić information content (AvgIpc) is 3.52. The zero-order valence-electron chi connectivity index (χ0n) is 16.6. The van der Waals surface area contributed by atoms with Gasteiger partial charge >= 0.3 is 0 Å². The Balaban J connectivity index is 1.35. The molecule has 0 bridgehead atoms. The van der Waals surface area contributed by atoms with Gasteiger partial charge in [0, 0.05) is 30.1 Å². The first-order valence-electron chi connectivity index (χ1n) is 9.45. The monoisotopic (exact) mass is 433 g/mol. The maximum Gasteiger partial charge on any atom is 0.250 e. The van der Waals surface area contributed by atoms with E-state index in [1.54, 1.807) is 34.5 Å². The van der Waals surface area contributed by atoms with Crippen LogP contribution in [0.25, 0.3) is 23.2 Å². The van der Waals surface area contributed by atoms with Crippen LogP contribution in [0.15, 0.2) is 70.7 Å². The molecule has 31 heavy (non-hydrogen) atoms. The minimum Gasteiger partial charge on any atom is -0.458 e. The zero-order chi connectivity index (χ0) is 21.6. The number of thiazole rings is 1. The highest BCUT2D eigenvalue weighted by Gasteiger charge is 2.11. The van der Waals surface area contributed by atoms with E-state index >= 15 is 0 Å². The Kier molecular flexibility index (Phi) is 6.04. The summed E-state index contributed by atoms with van der Waals surface area (Å²) in [5.74, 6) is 0.778. The van der Waals surface area contributed by atoms with Gasteiger partial charge < -0.3 is 9.73 Å². The molecule has 4 rings (SSSR count). The lowest BCUT2D eigenvalue weighted by atomic mass is 10.3. The SMILES string of the molecule is CC(=O)NCc1ccc(-c2csc(NC(=O)/C=C/c3cnn(-c4ccccc4)c3)n2)o1. The number of hydrogen-bond acceptors (Lipinski definition) is 6. The highest BCUT2D eigenvalue weighted by molar-refractivity contribution is 7.14. The fraction of sp³-hybridized carbons (Fsp3) is 0.0909. The number of carbonyl (C=O) groups is 2. The molecular formula is C22H19N5O3S. The van der Waals surface area contributed by atoms with Gasteiger partial charge in [-0.1, -0.05) is 18.2 Å². The summed E-state index contributed by atoms with van der Waals surface area (Å²) in [6.45, 7) is 1.76. The molecule has 3 heterocycles. The summed E-state index contributed by atoms with van der Waals surface area (Å²) in [6, 6.07) is 13.3. The molecular weight excluding hydrogens is 414 g/mol. The van der Waals surface area contributed by atoms with Gasteiger partial charge in [-0.15, -0.1) is 11.3 Å². The molecule has 0 aliphatic heterocycles. The quantitative estimate of drug-likeness (QED) is 0.431. The van der Waals surface area contributed by atoms with Crippen molar-refractivity contribution >= 4 is 34.4 Å². The van der Waals surface area contributed by atoms with E-state index in [4.69, 9.17) is 4.42 Å². The van der Waals surface area contributed by atoms with Crippen molar-refractivity contribution in [3.8, 4) is 17.1 Å². The van der Waals surface area contributed by atoms with Gasteiger partial charge in [0.2, 0.25) is 11.8 Å². The van der Waals surface area contributed by atoms with Gasteiger partial charge in [0.15, 0.2) is 10.9 Å². The molecule has 0 saturated heterocycles. The first-order chi connectivity index (χ1) is 15.1. The van der Waals surface area contributed by atoms with Crippen LogP contribution in [0.5, 0.6) is 0 Å². The van der Waals surface area contributed by atoms with Crippen LogP contribution in [0, 0.1) is 0 Å². The Morgan fingerprint density at radius 1 is 1.19 bits per heavy atom. The normalized spacial score (nSPS) is 11.0. The molecule has 4 aromatic rings. The Bertz CT molecular complexity index is 1220. The lowest BCUT2D eigenvalue weighted by Gasteiger charge is -1.98. The number of rotatable bonds is 7. The van der Waals surface area contributed by atoms with Crippen molar-refractivity contribution in [2.75, 3.05) is 5.32 Å². The van der Waals surface area contributed by atoms with Crippen molar-refractivity contribution in [2.45, 2.75) is 13.5 Å². The van der Waals surface area contributed by atoms with Crippen LogP contribution in [0.1, 0.15) is 18.2 Å². The summed E-state index contributed by atoms with van der Waals surface area (Å²) < 4.78 is 7.42. The second-order valence-corrected chi connectivity index (χ2v) is 7.45. The lowest BCUT2D eigenvalue weighted by Crippen LogP contribution is -2.18. The number of carbonyl (C=O) groups excluding carboxylic acids is 2. The fourth-order valence-electron chi connectivity index (χ4n) is 2.73. The van der Waals surface area contributed by atoms with E-state index in [1.165, 1.54) is 24.3 Å². The van der Waals surface area contributed by atoms with Crippen molar-refractivity contribution < 1.29 is 14.0 Å². The number of anilines is 1. The van der Waals surface area contributed by atoms with Crippen LogP contribution in [0.2, 0.25) is 0 Å². The Morgan fingerprint density at radius 2 is 2.03 bits per heavy atom. The summed E-state index contributed by atoms with van der Waals surface area (Å²) in [5.41, 5.74) is 2.36. The third-order valence-electron chi connectivity index (χ3n) is 4.21. The van der Waals surface area contributed by atoms with Crippen LogP contribution in [-0.2, 0) is 16.1 Å². The number of aromatic nitrogens is 3. The number of benzene rings is 1. The van der Waals surface area contributed by atoms with E-state index in [9.17, 15) is 9.59 Å². The fourth-order valence-corrected chi connectivity index (χ4v) is 3.43. The summed E-state index contributed by atoms with van der Waals surface area (Å²) in [4.78, 5) is 27.6. The predicted octanol–water partition coefficient (Wildman–Crippen LogP) is 3.88. The molecule has 0 aliphatic rings. The summed E-state index contributed by atoms with van der Waals surface area (Å²) in [5, 5.41) is 12.0. The zero-order valence-corrected chi connectivity index (χ0v) is 17.4. The summed E-state index contributed by atoms with van der Waals surface area (Å²) >= 11 is 1.30. The molecule has 3 aromatic heterocycles. The van der Waals surface area contributed by atoms with Gasteiger partial charge in [0.05, 0.1) is 18.4 Å². The van der Waals surface area contributed by atoms with Gasteiger partial charge in [-0.25, -0.2) is 9.67 Å². The van der Waals surface area contributed by atoms with Gasteiger partial charge in [0.1, 0.15) is 11.5 Å². The number of hydrogen-bond donors (Lipinski definition) is 2. The minimum atomic E-state index is -0.292. The molecule has 9 heteroatoms. The third-order valence-corrected chi connectivity index (χ3v) is 4.97. The number of amides is 2. The maximum absolute atomic E-state index is 12.2. The molecule has 2 N–H and O–H groups in total. The van der Waals surface area contributed by atoms with Crippen molar-refractivity contribution in [3.63, 3.8) is 0 Å². The highest BCUT2D eigenvalue weighted by atomic mass is 32.1. The van der Waals surface area contributed by atoms with Gasteiger partial charge in [-0.3, -0.25) is 14.9 Å². The van der Waals surface area contributed by atoms with Gasteiger partial charge in [0.25, 0.3) is 0 Å². The number of nitrogens with one attached hydrogen (secondary N) is 2. The maximum atomic E-state index is 12.2. The Morgan fingerprint density at radius 3 is 2.84 bits per heavy atom. The van der Waals surface area contributed by atoms with Gasteiger partial charge in [-0.2, -0.15) is 5.10 Å². The molecule has 0 unspecified atom stereocenters. The number of para-hydroxylation sites is 1. The van der Waals surface area contributed by atoms with Crippen molar-refractivity contribution in [1.29, 1.82) is 0 Å². The van der Waals surface area contributed by atoms with Crippen LogP contribution < -0.4 is 10.6 Å². The van der Waals surface area contributed by atoms with E-state index in [0.29, 0.717) is 28.9 Å². The predicted molar refractivity (Wildman–Crippen MR) is 119 cm³/mol.